The van der Waals surface area contributed by atoms with Gasteiger partial charge in [0.2, 0.25) is 0 Å². The van der Waals surface area contributed by atoms with E-state index in [9.17, 15) is 0 Å². The van der Waals surface area contributed by atoms with Gasteiger partial charge >= 0.3 is 0 Å². The van der Waals surface area contributed by atoms with Crippen LogP contribution in [0.25, 0.3) is 0 Å². The van der Waals surface area contributed by atoms with Crippen LogP contribution >= 0.6 is 27.5 Å². The molecule has 0 spiro atoms. The van der Waals surface area contributed by atoms with E-state index in [-0.39, 0.29) is 0 Å². The van der Waals surface area contributed by atoms with Gasteiger partial charge in [0.1, 0.15) is 12.1 Å². The van der Waals surface area contributed by atoms with E-state index in [0.29, 0.717) is 10.5 Å². The molecule has 0 radical (unpaired) electrons. The molecule has 11 heavy (non-hydrogen) atoms. The summed E-state index contributed by atoms with van der Waals surface area (Å²) in [5, 5.41) is -1.05. The number of hydrogen-bond acceptors (Lipinski definition) is 4. The van der Waals surface area contributed by atoms with E-state index in [0.717, 1.165) is 0 Å². The molecule has 56 valence electrons. The second-order valence-corrected chi connectivity index (χ2v) is 3.22. The van der Waals surface area contributed by atoms with Crippen LogP contribution in [-0.4, -0.2) is 28.1 Å². The van der Waals surface area contributed by atoms with Crippen LogP contribution in [0.3, 0.4) is 0 Å². The van der Waals surface area contributed by atoms with E-state index in [1.165, 1.54) is 12.6 Å². The highest BCUT2D eigenvalue weighted by atomic mass is 79.9. The molecular formula is C5H2BrClN4. The zero-order chi connectivity index (χ0) is 7.90. The van der Waals surface area contributed by atoms with E-state index in [1.54, 1.807) is 0 Å². The smallest absolute Gasteiger partial charge is 0.234 e. The van der Waals surface area contributed by atoms with Crippen molar-refractivity contribution in [2.45, 2.75) is 5.12 Å². The summed E-state index contributed by atoms with van der Waals surface area (Å²) < 4.78 is 0.436. The van der Waals surface area contributed by atoms with Crippen molar-refractivity contribution in [3.05, 3.63) is 0 Å². The predicted octanol–water partition coefficient (Wildman–Crippen LogP) is 1.20. The van der Waals surface area contributed by atoms with Crippen molar-refractivity contribution < 1.29 is 0 Å². The molecule has 0 aromatic carbocycles. The minimum Gasteiger partial charge on any atom is -0.234 e. The third kappa shape index (κ3) is 1.04. The molecule has 0 aromatic rings. The Morgan fingerprint density at radius 2 is 2.36 bits per heavy atom. The van der Waals surface area contributed by atoms with E-state index in [1.807, 2.05) is 0 Å². The molecule has 0 fully saturated rings. The van der Waals surface area contributed by atoms with Gasteiger partial charge in [0.05, 0.1) is 6.21 Å². The lowest BCUT2D eigenvalue weighted by atomic mass is 10.3. The molecule has 2 aliphatic rings. The number of aliphatic imine (C=N–C) groups is 4. The number of amidine groups is 1. The molecule has 0 N–H and O–H groups in total. The van der Waals surface area contributed by atoms with E-state index >= 15 is 0 Å². The molecule has 1 atom stereocenters. The van der Waals surface area contributed by atoms with Crippen molar-refractivity contribution in [3.8, 4) is 0 Å². The minimum absolute atomic E-state index is 0.436. The molecule has 0 saturated heterocycles. The first kappa shape index (κ1) is 7.12. The number of rotatable bonds is 0. The third-order valence-corrected chi connectivity index (χ3v) is 2.04. The van der Waals surface area contributed by atoms with Gasteiger partial charge in [-0.3, -0.25) is 0 Å². The lowest BCUT2D eigenvalue weighted by molar-refractivity contribution is 0.863. The van der Waals surface area contributed by atoms with E-state index in [4.69, 9.17) is 11.6 Å². The highest BCUT2D eigenvalue weighted by Crippen LogP contribution is 2.27. The Labute approximate surface area is 75.9 Å². The molecule has 2 rings (SSSR count). The molecule has 4 nitrogen and oxygen atoms in total. The summed E-state index contributed by atoms with van der Waals surface area (Å²) in [5.41, 5.74) is 0.558. The van der Waals surface area contributed by atoms with Gasteiger partial charge in [-0.2, -0.15) is 0 Å². The maximum Gasteiger partial charge on any atom is 0.275 e. The van der Waals surface area contributed by atoms with Crippen molar-refractivity contribution in [3.63, 3.8) is 0 Å². The summed E-state index contributed by atoms with van der Waals surface area (Å²) >= 11 is 9.03. The summed E-state index contributed by atoms with van der Waals surface area (Å²) in [5.74, 6) is 0. The monoisotopic (exact) mass is 232 g/mol. The van der Waals surface area contributed by atoms with Gasteiger partial charge in [-0.05, 0) is 15.9 Å². The van der Waals surface area contributed by atoms with Crippen molar-refractivity contribution >= 4 is 50.5 Å². The number of alkyl halides is 1. The second kappa shape index (κ2) is 2.22. The minimum atomic E-state index is -1.05. The van der Waals surface area contributed by atoms with Gasteiger partial charge in [0, 0.05) is 0 Å². The Kier molecular flexibility index (Phi) is 1.43. The molecule has 0 bridgehead atoms. The Morgan fingerprint density at radius 3 is 3.18 bits per heavy atom. The van der Waals surface area contributed by atoms with Crippen LogP contribution in [0.4, 0.5) is 0 Å². The van der Waals surface area contributed by atoms with Gasteiger partial charge in [0.25, 0.3) is 5.12 Å². The summed E-state index contributed by atoms with van der Waals surface area (Å²) in [6.07, 6.45) is 2.92. The average Bonchev–Trinajstić information content (AvgIpc) is 2.28. The highest BCUT2D eigenvalue weighted by Gasteiger charge is 2.36. The fourth-order valence-corrected chi connectivity index (χ4v) is 1.47. The molecule has 0 aromatic heterocycles. The highest BCUT2D eigenvalue weighted by molar-refractivity contribution is 9.18. The molecule has 1 unspecified atom stereocenters. The summed E-state index contributed by atoms with van der Waals surface area (Å²) in [4.78, 5) is 15.6. The summed E-state index contributed by atoms with van der Waals surface area (Å²) in [7, 11) is 0. The van der Waals surface area contributed by atoms with Crippen LogP contribution in [0.15, 0.2) is 20.0 Å². The van der Waals surface area contributed by atoms with Crippen LogP contribution in [0.2, 0.25) is 0 Å². The van der Waals surface area contributed by atoms with Crippen molar-refractivity contribution in [2.24, 2.45) is 20.0 Å². The van der Waals surface area contributed by atoms with Crippen molar-refractivity contribution in [2.75, 3.05) is 0 Å². The van der Waals surface area contributed by atoms with Gasteiger partial charge in [-0.25, -0.2) is 20.0 Å². The first-order valence-corrected chi connectivity index (χ1v) is 3.98. The number of hydrogen-bond donors (Lipinski definition) is 0. The maximum absolute atomic E-state index is 5.93. The van der Waals surface area contributed by atoms with Gasteiger partial charge < -0.3 is 0 Å². The number of nitrogens with zero attached hydrogens (tertiary/aromatic N) is 4. The lowest BCUT2D eigenvalue weighted by Gasteiger charge is -2.15. The van der Waals surface area contributed by atoms with Crippen LogP contribution in [0.5, 0.6) is 0 Å². The van der Waals surface area contributed by atoms with Crippen LogP contribution in [0, 0.1) is 0 Å². The maximum atomic E-state index is 5.93. The van der Waals surface area contributed by atoms with Crippen molar-refractivity contribution in [1.82, 2.24) is 0 Å². The molecule has 2 aliphatic heterocycles. The zero-order valence-electron chi connectivity index (χ0n) is 5.20. The first-order valence-electron chi connectivity index (χ1n) is 2.81. The Morgan fingerprint density at radius 1 is 1.55 bits per heavy atom. The van der Waals surface area contributed by atoms with Gasteiger partial charge in [-0.1, -0.05) is 11.6 Å². The van der Waals surface area contributed by atoms with Crippen LogP contribution in [0.1, 0.15) is 0 Å². The van der Waals surface area contributed by atoms with Crippen LogP contribution < -0.4 is 0 Å². The zero-order valence-corrected chi connectivity index (χ0v) is 7.54. The second-order valence-electron chi connectivity index (χ2n) is 1.99. The Balaban J connectivity index is 2.51. The number of halogens is 2. The van der Waals surface area contributed by atoms with Crippen LogP contribution in [-0.2, 0) is 0 Å². The predicted molar refractivity (Wildman–Crippen MR) is 49.4 cm³/mol. The Hall–Kier alpha value is -0.550. The standard InChI is InChI=1S/C5H2BrClN4/c6-4-8-1-3-5(7,11-4)10-2-9-3/h1-2H. The number of fused-ring (bicyclic) bond motifs is 1. The molecule has 0 saturated carbocycles. The summed E-state index contributed by atoms with van der Waals surface area (Å²) in [6.45, 7) is 0. The molecule has 6 heteroatoms. The first-order chi connectivity index (χ1) is 5.21. The summed E-state index contributed by atoms with van der Waals surface area (Å²) in [6, 6.07) is 0. The normalized spacial score (nSPS) is 33.3. The largest absolute Gasteiger partial charge is 0.275 e. The van der Waals surface area contributed by atoms with E-state index < -0.39 is 5.12 Å². The Bertz CT molecular complexity index is 318. The quantitative estimate of drug-likeness (QED) is 0.446. The van der Waals surface area contributed by atoms with Gasteiger partial charge in [0.15, 0.2) is 4.74 Å². The molecular weight excluding hydrogens is 231 g/mol. The fourth-order valence-electron chi connectivity index (χ4n) is 0.783. The average molecular weight is 233 g/mol. The van der Waals surface area contributed by atoms with Gasteiger partial charge in [-0.15, -0.1) is 0 Å². The molecule has 2 heterocycles. The molecule has 0 amide bonds. The van der Waals surface area contributed by atoms with Crippen molar-refractivity contribution in [1.29, 1.82) is 0 Å². The SMILES string of the molecule is ClC12N=CN=C1C=NC(Br)=N2. The topological polar surface area (TPSA) is 49.4 Å². The van der Waals surface area contributed by atoms with E-state index in [2.05, 4.69) is 35.9 Å². The fraction of sp³-hybridized carbons (Fsp3) is 0.200. The third-order valence-electron chi connectivity index (χ3n) is 1.29. The molecule has 0 aliphatic carbocycles. The lowest BCUT2D eigenvalue weighted by Crippen LogP contribution is -2.30.